The largest absolute Gasteiger partial charge is 0.355 e. The first-order valence-electron chi connectivity index (χ1n) is 10.2. The van der Waals surface area contributed by atoms with Crippen LogP contribution in [0.4, 0.5) is 5.82 Å². The van der Waals surface area contributed by atoms with E-state index in [-0.39, 0.29) is 17.4 Å². The van der Waals surface area contributed by atoms with E-state index in [0.29, 0.717) is 30.1 Å². The molecule has 0 spiro atoms. The third-order valence-electron chi connectivity index (χ3n) is 5.90. The number of rotatable bonds is 5. The molecule has 0 saturated carbocycles. The third-order valence-corrected chi connectivity index (χ3v) is 5.90. The van der Waals surface area contributed by atoms with Crippen LogP contribution in [-0.2, 0) is 11.8 Å². The number of carbonyl (C=O) groups excluding carboxylic acids is 1. The molecule has 0 unspecified atom stereocenters. The van der Waals surface area contributed by atoms with E-state index in [4.69, 9.17) is 0 Å². The predicted molar refractivity (Wildman–Crippen MR) is 108 cm³/mol. The zero-order chi connectivity index (χ0) is 19.5. The van der Waals surface area contributed by atoms with Gasteiger partial charge in [-0.1, -0.05) is 0 Å². The van der Waals surface area contributed by atoms with Crippen molar-refractivity contribution >= 4 is 22.9 Å². The number of pyridine rings is 1. The second-order valence-corrected chi connectivity index (χ2v) is 7.75. The van der Waals surface area contributed by atoms with Crippen LogP contribution < -0.4 is 15.8 Å². The smallest absolute Gasteiger partial charge is 0.294 e. The maximum atomic E-state index is 12.7. The summed E-state index contributed by atoms with van der Waals surface area (Å²) in [5.41, 5.74) is 1.16. The number of hydrogen-bond donors (Lipinski definition) is 1. The van der Waals surface area contributed by atoms with E-state index in [0.717, 1.165) is 39.0 Å². The molecule has 28 heavy (non-hydrogen) atoms. The summed E-state index contributed by atoms with van der Waals surface area (Å²) in [6, 6.07) is 3.69. The van der Waals surface area contributed by atoms with Crippen LogP contribution in [0.2, 0.25) is 0 Å². The normalized spacial score (nSPS) is 18.7. The summed E-state index contributed by atoms with van der Waals surface area (Å²) in [6.07, 6.45) is 5.68. The van der Waals surface area contributed by atoms with Crippen molar-refractivity contribution in [2.45, 2.75) is 25.7 Å². The molecule has 1 N–H and O–H groups in total. The Balaban J connectivity index is 1.35. The summed E-state index contributed by atoms with van der Waals surface area (Å²) in [6.45, 7) is 5.29. The fourth-order valence-corrected chi connectivity index (χ4v) is 4.19. The first-order valence-corrected chi connectivity index (χ1v) is 10.2. The number of nitrogens with zero attached hydrogens (tertiary/aromatic N) is 5. The highest BCUT2D eigenvalue weighted by Crippen LogP contribution is 2.21. The Bertz CT molecular complexity index is 897. The average molecular weight is 384 g/mol. The summed E-state index contributed by atoms with van der Waals surface area (Å²) < 4.78 is 1.55. The minimum absolute atomic E-state index is 0.0146. The van der Waals surface area contributed by atoms with Gasteiger partial charge >= 0.3 is 0 Å². The van der Waals surface area contributed by atoms with Crippen molar-refractivity contribution < 1.29 is 4.79 Å². The van der Waals surface area contributed by atoms with E-state index in [1.807, 2.05) is 17.0 Å². The molecular formula is C20H28N6O2. The van der Waals surface area contributed by atoms with Gasteiger partial charge in [0.25, 0.3) is 5.56 Å². The van der Waals surface area contributed by atoms with E-state index >= 15 is 0 Å². The molecule has 8 nitrogen and oxygen atoms in total. The molecule has 2 aliphatic heterocycles. The van der Waals surface area contributed by atoms with Crippen molar-refractivity contribution in [3.8, 4) is 0 Å². The van der Waals surface area contributed by atoms with Gasteiger partial charge in [-0.15, -0.1) is 0 Å². The SMILES string of the molecule is Cn1c(=O)c(N2CCC(C(=O)NCCN3CCCC3)CC2)nc2cccnc21. The van der Waals surface area contributed by atoms with Crippen LogP contribution in [0.15, 0.2) is 23.1 Å². The van der Waals surface area contributed by atoms with Crippen molar-refractivity contribution in [1.29, 1.82) is 0 Å². The minimum Gasteiger partial charge on any atom is -0.355 e. The number of piperidine rings is 1. The first-order chi connectivity index (χ1) is 13.6. The van der Waals surface area contributed by atoms with Gasteiger partial charge in [-0.3, -0.25) is 14.2 Å². The summed E-state index contributed by atoms with van der Waals surface area (Å²) in [5.74, 6) is 0.610. The third kappa shape index (κ3) is 3.87. The van der Waals surface area contributed by atoms with Crippen molar-refractivity contribution in [2.24, 2.45) is 13.0 Å². The van der Waals surface area contributed by atoms with Crippen LogP contribution in [0.25, 0.3) is 11.2 Å². The van der Waals surface area contributed by atoms with Gasteiger partial charge in [0.2, 0.25) is 5.91 Å². The van der Waals surface area contributed by atoms with Gasteiger partial charge in [0.05, 0.1) is 0 Å². The van der Waals surface area contributed by atoms with Gasteiger partial charge in [0, 0.05) is 45.3 Å². The molecule has 0 aromatic carbocycles. The standard InChI is InChI=1S/C20H28N6O2/c1-24-17-16(5-4-8-21-17)23-18(20(24)28)26-12-6-15(7-13-26)19(27)22-9-14-25-10-2-3-11-25/h4-5,8,15H,2-3,6-7,9-14H2,1H3,(H,22,27). The quantitative estimate of drug-likeness (QED) is 0.819. The Hall–Kier alpha value is -2.48. The molecule has 2 aliphatic rings. The minimum atomic E-state index is -0.139. The second kappa shape index (κ2) is 8.26. The lowest BCUT2D eigenvalue weighted by Gasteiger charge is -2.32. The molecule has 0 bridgehead atoms. The van der Waals surface area contributed by atoms with Crippen molar-refractivity contribution in [1.82, 2.24) is 24.8 Å². The molecule has 2 aromatic rings. The number of amides is 1. The lowest BCUT2D eigenvalue weighted by Crippen LogP contribution is -2.44. The Labute approximate surface area is 164 Å². The van der Waals surface area contributed by atoms with Crippen LogP contribution >= 0.6 is 0 Å². The maximum Gasteiger partial charge on any atom is 0.294 e. The highest BCUT2D eigenvalue weighted by molar-refractivity contribution is 5.79. The molecule has 150 valence electrons. The Morgan fingerprint density at radius 2 is 1.96 bits per heavy atom. The van der Waals surface area contributed by atoms with Gasteiger partial charge in [-0.25, -0.2) is 9.97 Å². The van der Waals surface area contributed by atoms with E-state index < -0.39 is 0 Å². The van der Waals surface area contributed by atoms with Crippen LogP contribution in [-0.4, -0.2) is 64.6 Å². The lowest BCUT2D eigenvalue weighted by atomic mass is 9.96. The van der Waals surface area contributed by atoms with Gasteiger partial charge in [0.15, 0.2) is 11.5 Å². The zero-order valence-corrected chi connectivity index (χ0v) is 16.4. The fourth-order valence-electron chi connectivity index (χ4n) is 4.19. The Morgan fingerprint density at radius 1 is 1.21 bits per heavy atom. The number of fused-ring (bicyclic) bond motifs is 1. The molecule has 0 aliphatic carbocycles. The number of likely N-dealkylation sites (tertiary alicyclic amines) is 1. The van der Waals surface area contributed by atoms with Gasteiger partial charge in [0.1, 0.15) is 5.52 Å². The molecule has 1 amide bonds. The number of hydrogen-bond acceptors (Lipinski definition) is 6. The molecule has 8 heteroatoms. The summed E-state index contributed by atoms with van der Waals surface area (Å²) in [7, 11) is 1.73. The molecule has 0 radical (unpaired) electrons. The van der Waals surface area contributed by atoms with Crippen LogP contribution in [0.5, 0.6) is 0 Å². The molecule has 2 fully saturated rings. The number of anilines is 1. The average Bonchev–Trinajstić information content (AvgIpc) is 3.24. The van der Waals surface area contributed by atoms with Crippen molar-refractivity contribution in [3.63, 3.8) is 0 Å². The van der Waals surface area contributed by atoms with Crippen LogP contribution in [0, 0.1) is 5.92 Å². The molecule has 4 rings (SSSR count). The summed E-state index contributed by atoms with van der Waals surface area (Å²) >= 11 is 0. The zero-order valence-electron chi connectivity index (χ0n) is 16.4. The number of carbonyl (C=O) groups is 1. The molecule has 0 atom stereocenters. The maximum absolute atomic E-state index is 12.7. The van der Waals surface area contributed by atoms with E-state index in [2.05, 4.69) is 20.2 Å². The van der Waals surface area contributed by atoms with E-state index in [1.165, 1.54) is 12.8 Å². The number of aryl methyl sites for hydroxylation is 1. The van der Waals surface area contributed by atoms with Crippen molar-refractivity contribution in [3.05, 3.63) is 28.7 Å². The summed E-state index contributed by atoms with van der Waals surface area (Å²) in [4.78, 5) is 38.4. The van der Waals surface area contributed by atoms with E-state index in [1.54, 1.807) is 17.8 Å². The highest BCUT2D eigenvalue weighted by atomic mass is 16.2. The fraction of sp³-hybridized carbons (Fsp3) is 0.600. The van der Waals surface area contributed by atoms with E-state index in [9.17, 15) is 9.59 Å². The molecular weight excluding hydrogens is 356 g/mol. The Kier molecular flexibility index (Phi) is 5.57. The van der Waals surface area contributed by atoms with Crippen LogP contribution in [0.1, 0.15) is 25.7 Å². The lowest BCUT2D eigenvalue weighted by molar-refractivity contribution is -0.125. The van der Waals surface area contributed by atoms with Crippen molar-refractivity contribution in [2.75, 3.05) is 44.2 Å². The van der Waals surface area contributed by atoms with Crippen LogP contribution in [0.3, 0.4) is 0 Å². The highest BCUT2D eigenvalue weighted by Gasteiger charge is 2.27. The monoisotopic (exact) mass is 384 g/mol. The first kappa shape index (κ1) is 18.9. The topological polar surface area (TPSA) is 83.4 Å². The predicted octanol–water partition coefficient (Wildman–Crippen LogP) is 0.757. The molecule has 2 aromatic heterocycles. The number of aromatic nitrogens is 3. The molecule has 2 saturated heterocycles. The van der Waals surface area contributed by atoms with Gasteiger partial charge in [-0.2, -0.15) is 0 Å². The van der Waals surface area contributed by atoms with Gasteiger partial charge in [-0.05, 0) is 50.9 Å². The van der Waals surface area contributed by atoms with Gasteiger partial charge < -0.3 is 15.1 Å². The summed E-state index contributed by atoms with van der Waals surface area (Å²) in [5, 5.41) is 3.09. The second-order valence-electron chi connectivity index (χ2n) is 7.75. The number of nitrogens with one attached hydrogen (secondary N) is 1. The Morgan fingerprint density at radius 3 is 2.71 bits per heavy atom. The molecule has 4 heterocycles.